The standard InChI is InChI=1S/C54H98O34P4/c1-10-12-14-16-18-20-22-24-26-28-30-68-32-48(69-31-29-27-25-23-21-19-17-15-13-11-2)33-77-89(64,78-34-70-41(3)55)85-51-49(62)52(86-90(65,79-35-71-42(4)56)80-36-72-43(5)57)54(88-92(67,83-39-75-46(8)60)84-40-76-47(9)61)53(50(51)63)87-91(66,81-37-73-44(6)58)82-38-74-45(7)59/h48-54,62-63H,10-40H2,1-9H3/t48?,49-,50-,51?,52-,53+,54?,89?/m0/s1. The zero-order valence-electron chi connectivity index (χ0n) is 54.2. The number of phosphoric ester groups is 4. The molecule has 0 saturated heterocycles. The van der Waals surface area contributed by atoms with Crippen LogP contribution in [-0.2, 0) is 149 Å². The molecule has 1 saturated carbocycles. The maximum Gasteiger partial charge on any atom is 0.481 e. The van der Waals surface area contributed by atoms with Gasteiger partial charge < -0.3 is 52.8 Å². The second kappa shape index (κ2) is 50.0. The molecule has 0 aromatic heterocycles. The molecular formula is C54H98O34P4. The van der Waals surface area contributed by atoms with Gasteiger partial charge in [-0.25, -0.2) is 49.9 Å². The Hall–Kier alpha value is -3.43. The minimum Gasteiger partial charge on any atom is -0.438 e. The van der Waals surface area contributed by atoms with Gasteiger partial charge in [-0.1, -0.05) is 129 Å². The summed E-state index contributed by atoms with van der Waals surface area (Å²) < 4.78 is 170. The van der Waals surface area contributed by atoms with Gasteiger partial charge in [0.25, 0.3) is 0 Å². The number of aliphatic hydroxyl groups is 2. The molecule has 0 aromatic carbocycles. The lowest BCUT2D eigenvalue weighted by atomic mass is 9.85. The summed E-state index contributed by atoms with van der Waals surface area (Å²) in [6.07, 6.45) is 2.66. The van der Waals surface area contributed by atoms with Crippen molar-refractivity contribution in [3.8, 4) is 0 Å². The Morgan fingerprint density at radius 3 is 0.837 bits per heavy atom. The van der Waals surface area contributed by atoms with Crippen molar-refractivity contribution in [2.75, 3.05) is 74.0 Å². The Morgan fingerprint density at radius 1 is 0.315 bits per heavy atom. The van der Waals surface area contributed by atoms with Crippen molar-refractivity contribution >= 4 is 73.1 Å². The lowest BCUT2D eigenvalue weighted by molar-refractivity contribution is -0.218. The summed E-state index contributed by atoms with van der Waals surface area (Å²) in [7, 11) is -22.7. The molecule has 1 aliphatic carbocycles. The minimum atomic E-state index is -5.73. The zero-order chi connectivity index (χ0) is 68.9. The lowest BCUT2D eigenvalue weighted by Gasteiger charge is -2.47. The number of phosphoric acid groups is 4. The molecule has 38 heteroatoms. The number of aliphatic hydroxyl groups excluding tert-OH is 2. The third-order valence-corrected chi connectivity index (χ3v) is 17.9. The number of hydrogen-bond acceptors (Lipinski definition) is 34. The third-order valence-electron chi connectivity index (χ3n) is 12.5. The molecule has 0 spiro atoms. The summed E-state index contributed by atoms with van der Waals surface area (Å²) in [6.45, 7) is 0.848. The fourth-order valence-corrected chi connectivity index (χ4v) is 12.5. The molecule has 1 fully saturated rings. The smallest absolute Gasteiger partial charge is 0.438 e. The fraction of sp³-hybridized carbons (Fsp3) is 0.870. The van der Waals surface area contributed by atoms with E-state index in [2.05, 4.69) is 13.8 Å². The van der Waals surface area contributed by atoms with Gasteiger partial charge in [-0.05, 0) is 12.8 Å². The highest BCUT2D eigenvalue weighted by Gasteiger charge is 2.61. The van der Waals surface area contributed by atoms with Crippen LogP contribution >= 0.6 is 31.3 Å². The first-order chi connectivity index (χ1) is 43.6. The predicted octanol–water partition coefficient (Wildman–Crippen LogP) is 9.72. The highest BCUT2D eigenvalue weighted by Crippen LogP contribution is 2.61. The van der Waals surface area contributed by atoms with E-state index < -0.39 is 170 Å². The van der Waals surface area contributed by atoms with E-state index in [1.807, 2.05) is 0 Å². The van der Waals surface area contributed by atoms with Crippen molar-refractivity contribution in [3.05, 3.63) is 0 Å². The molecule has 538 valence electrons. The summed E-state index contributed by atoms with van der Waals surface area (Å²) >= 11 is 0. The van der Waals surface area contributed by atoms with Gasteiger partial charge in [0, 0.05) is 61.7 Å². The van der Waals surface area contributed by atoms with Crippen LogP contribution in [0.4, 0.5) is 0 Å². The second-order valence-electron chi connectivity index (χ2n) is 20.5. The van der Waals surface area contributed by atoms with Crippen LogP contribution in [0, 0.1) is 0 Å². The summed E-state index contributed by atoms with van der Waals surface area (Å²) in [6, 6.07) is 0. The molecule has 1 rings (SSSR count). The second-order valence-corrected chi connectivity index (χ2v) is 26.9. The minimum absolute atomic E-state index is 0.155. The van der Waals surface area contributed by atoms with Crippen molar-refractivity contribution in [1.29, 1.82) is 0 Å². The first-order valence-electron chi connectivity index (χ1n) is 30.4. The average Bonchev–Trinajstić information content (AvgIpc) is 0.755. The maximum atomic E-state index is 15.2. The molecule has 34 nitrogen and oxygen atoms in total. The summed E-state index contributed by atoms with van der Waals surface area (Å²) in [5.74, 6) is -7.39. The van der Waals surface area contributed by atoms with Gasteiger partial charge in [-0.3, -0.25) is 56.2 Å². The van der Waals surface area contributed by atoms with Crippen molar-refractivity contribution in [2.45, 2.75) is 233 Å². The van der Waals surface area contributed by atoms with Crippen molar-refractivity contribution in [3.63, 3.8) is 0 Å². The molecule has 1 aliphatic rings. The number of hydrogen-bond donors (Lipinski definition) is 2. The number of unbranched alkanes of at least 4 members (excludes halogenated alkanes) is 18. The van der Waals surface area contributed by atoms with Crippen LogP contribution in [0.15, 0.2) is 0 Å². The number of carbonyl (C=O) groups excluding carboxylic acids is 7. The Labute approximate surface area is 537 Å². The van der Waals surface area contributed by atoms with Crippen LogP contribution in [0.2, 0.25) is 0 Å². The highest BCUT2D eigenvalue weighted by atomic mass is 31.2. The van der Waals surface area contributed by atoms with Gasteiger partial charge >= 0.3 is 73.1 Å². The topological polar surface area (TPSA) is 422 Å². The quantitative estimate of drug-likeness (QED) is 0.0188. The van der Waals surface area contributed by atoms with E-state index in [-0.39, 0.29) is 19.8 Å². The molecule has 0 heterocycles. The Balaban J connectivity index is 4.19. The van der Waals surface area contributed by atoms with E-state index in [0.717, 1.165) is 132 Å². The van der Waals surface area contributed by atoms with Crippen LogP contribution in [0.1, 0.15) is 191 Å². The molecule has 92 heavy (non-hydrogen) atoms. The van der Waals surface area contributed by atoms with Crippen molar-refractivity contribution in [2.24, 2.45) is 0 Å². The molecule has 0 bridgehead atoms. The van der Waals surface area contributed by atoms with Crippen LogP contribution in [0.5, 0.6) is 0 Å². The molecule has 0 aliphatic heterocycles. The normalized spacial score (nSPS) is 18.7. The number of carbonyl (C=O) groups is 7. The van der Waals surface area contributed by atoms with Crippen molar-refractivity contribution < 1.29 is 159 Å². The number of rotatable bonds is 57. The molecular weight excluding hydrogens is 1320 g/mol. The van der Waals surface area contributed by atoms with Gasteiger partial charge in [0.15, 0.2) is 0 Å². The number of esters is 7. The molecule has 4 unspecified atom stereocenters. The predicted molar refractivity (Wildman–Crippen MR) is 316 cm³/mol. The van der Waals surface area contributed by atoms with E-state index in [4.69, 9.17) is 96.9 Å². The monoisotopic (exact) mass is 1410 g/mol. The lowest BCUT2D eigenvalue weighted by Crippen LogP contribution is -2.65. The van der Waals surface area contributed by atoms with Crippen LogP contribution in [-0.4, -0.2) is 169 Å². The summed E-state index contributed by atoms with van der Waals surface area (Å²) in [5.41, 5.74) is 0. The highest BCUT2D eigenvalue weighted by molar-refractivity contribution is 7.49. The summed E-state index contributed by atoms with van der Waals surface area (Å²) in [5, 5.41) is 25.0. The average molecular weight is 1420 g/mol. The van der Waals surface area contributed by atoms with Gasteiger partial charge in [-0.2, -0.15) is 0 Å². The Kier molecular flexibility index (Phi) is 47.1. The van der Waals surface area contributed by atoms with Gasteiger partial charge in [0.2, 0.25) is 47.6 Å². The largest absolute Gasteiger partial charge is 0.481 e. The molecule has 0 amide bonds. The number of ether oxygens (including phenoxy) is 9. The van der Waals surface area contributed by atoms with E-state index >= 15 is 4.57 Å². The van der Waals surface area contributed by atoms with E-state index in [1.165, 1.54) is 32.1 Å². The van der Waals surface area contributed by atoms with Crippen LogP contribution in [0.3, 0.4) is 0 Å². The fourth-order valence-electron chi connectivity index (χ4n) is 7.91. The maximum absolute atomic E-state index is 15.2. The van der Waals surface area contributed by atoms with Crippen LogP contribution < -0.4 is 0 Å². The van der Waals surface area contributed by atoms with Crippen LogP contribution in [0.25, 0.3) is 0 Å². The van der Waals surface area contributed by atoms with Gasteiger partial charge in [-0.15, -0.1) is 0 Å². The molecule has 0 radical (unpaired) electrons. The van der Waals surface area contributed by atoms with E-state index in [1.54, 1.807) is 0 Å². The Bertz CT molecular complexity index is 2170. The van der Waals surface area contributed by atoms with E-state index in [0.29, 0.717) is 12.8 Å². The molecule has 2 N–H and O–H groups in total. The SMILES string of the molecule is CCCCCCCCCCCCOCC(COP(=O)(OCOC(C)=O)OC1[C@H](O)[C@H](OP(=O)(OCOC(C)=O)OCOC(C)=O)C(OP(=O)(OCOC(C)=O)OCOC(C)=O)[C@H](OP(=O)(OCOC(C)=O)OCOC(C)=O)[C@H]1O)OCCCCCCCCCCCC. The molecule has 0 aromatic rings. The summed E-state index contributed by atoms with van der Waals surface area (Å²) in [4.78, 5) is 83.2. The first-order valence-corrected chi connectivity index (χ1v) is 36.2. The van der Waals surface area contributed by atoms with Gasteiger partial charge in [0.05, 0.1) is 13.2 Å². The first kappa shape index (κ1) is 86.6. The van der Waals surface area contributed by atoms with Crippen molar-refractivity contribution in [1.82, 2.24) is 0 Å². The molecule has 8 atom stereocenters. The van der Waals surface area contributed by atoms with E-state index in [9.17, 15) is 57.5 Å². The third kappa shape index (κ3) is 42.2. The zero-order valence-corrected chi connectivity index (χ0v) is 57.8. The Morgan fingerprint density at radius 2 is 0.554 bits per heavy atom. The van der Waals surface area contributed by atoms with Gasteiger partial charge in [0.1, 0.15) is 42.7 Å².